The molecule has 1 amide bonds. The number of phenolic OH excluding ortho intramolecular Hbond substituents is 2. The Morgan fingerprint density at radius 3 is 2.47 bits per heavy atom. The topological polar surface area (TPSA) is 169 Å². The van der Waals surface area contributed by atoms with Crippen molar-refractivity contribution < 1.29 is 43.5 Å². The van der Waals surface area contributed by atoms with Crippen LogP contribution < -0.4 is 19.5 Å². The third-order valence-corrected chi connectivity index (χ3v) is 9.00. The lowest BCUT2D eigenvalue weighted by molar-refractivity contribution is -0.121. The number of phenols is 2. The molecule has 0 spiro atoms. The number of esters is 1. The number of carbonyl (C=O) groups is 3. The zero-order valence-electron chi connectivity index (χ0n) is 29.4. The highest BCUT2D eigenvalue weighted by Crippen LogP contribution is 2.47. The maximum Gasteiger partial charge on any atom is 0.342 e. The highest BCUT2D eigenvalue weighted by molar-refractivity contribution is 5.98. The van der Waals surface area contributed by atoms with Crippen molar-refractivity contribution in [3.63, 3.8) is 0 Å². The van der Waals surface area contributed by atoms with E-state index < -0.39 is 23.7 Å². The van der Waals surface area contributed by atoms with Crippen LogP contribution >= 0.6 is 0 Å². The number of aromatic amines is 1. The molecule has 0 radical (unpaired) electrons. The fraction of sp³-hybridized carbons (Fsp3) is 0.385. The van der Waals surface area contributed by atoms with E-state index in [0.29, 0.717) is 73.6 Å². The summed E-state index contributed by atoms with van der Waals surface area (Å²) in [4.78, 5) is 47.4. The standard InChI is InChI=1S/C39H45N3O9/c1-23-11-10-14-26(43)13-7-5-6-12-24-19-30(44)36(37(46)35(24)39(47)51-23)27(25-20-31(48-2)38(50-4)32(21-25)49-3)22-34(45)40-18-17-33-41-28-15-8-9-16-29(28)42-33/h6,8-9,12,15-16,19-21,23,27,44,46H,5,7,10-11,13-14,17-18,22H2,1-4H3,(H,40,45)(H,41,42). The lowest BCUT2D eigenvalue weighted by Crippen LogP contribution is -2.28. The molecule has 2 atom stereocenters. The highest BCUT2D eigenvalue weighted by Gasteiger charge is 2.32. The molecule has 0 aliphatic carbocycles. The second-order valence-corrected chi connectivity index (χ2v) is 12.6. The number of hydrogen-bond acceptors (Lipinski definition) is 10. The van der Waals surface area contributed by atoms with E-state index in [0.717, 1.165) is 11.0 Å². The van der Waals surface area contributed by atoms with Crippen LogP contribution in [-0.4, -0.2) is 71.8 Å². The molecule has 4 aromatic rings. The first kappa shape index (κ1) is 36.8. The van der Waals surface area contributed by atoms with Crippen LogP contribution in [0.5, 0.6) is 28.7 Å². The molecule has 1 aliphatic heterocycles. The highest BCUT2D eigenvalue weighted by atomic mass is 16.5. The van der Waals surface area contributed by atoms with Gasteiger partial charge >= 0.3 is 5.97 Å². The minimum atomic E-state index is -0.983. The summed E-state index contributed by atoms with van der Waals surface area (Å²) in [5.74, 6) is -1.20. The number of nitrogens with zero attached hydrogens (tertiary/aromatic N) is 1. The first-order valence-electron chi connectivity index (χ1n) is 17.1. The number of carbonyl (C=O) groups excluding carboxylic acids is 3. The molecule has 0 saturated carbocycles. The molecule has 3 aromatic carbocycles. The number of amides is 1. The molecule has 1 aliphatic rings. The lowest BCUT2D eigenvalue weighted by atomic mass is 9.84. The average molecular weight is 700 g/mol. The van der Waals surface area contributed by atoms with Gasteiger partial charge in [0.2, 0.25) is 11.7 Å². The van der Waals surface area contributed by atoms with Crippen molar-refractivity contribution in [3.8, 4) is 28.7 Å². The summed E-state index contributed by atoms with van der Waals surface area (Å²) >= 11 is 0. The molecule has 5 rings (SSSR count). The summed E-state index contributed by atoms with van der Waals surface area (Å²) in [7, 11) is 4.39. The number of imidazole rings is 1. The maximum absolute atomic E-state index is 13.7. The van der Waals surface area contributed by atoms with Crippen molar-refractivity contribution in [1.82, 2.24) is 15.3 Å². The van der Waals surface area contributed by atoms with Crippen molar-refractivity contribution in [3.05, 3.63) is 76.6 Å². The van der Waals surface area contributed by atoms with Crippen LogP contribution in [0, 0.1) is 0 Å². The number of methoxy groups -OCH3 is 3. The summed E-state index contributed by atoms with van der Waals surface area (Å²) in [6.45, 7) is 2.00. The molecule has 2 heterocycles. The van der Waals surface area contributed by atoms with Crippen LogP contribution in [0.25, 0.3) is 17.1 Å². The number of rotatable bonds is 10. The van der Waals surface area contributed by atoms with Gasteiger partial charge in [-0.1, -0.05) is 24.3 Å². The molecule has 1 aromatic heterocycles. The number of H-pyrrole nitrogens is 1. The van der Waals surface area contributed by atoms with E-state index in [1.807, 2.05) is 24.3 Å². The number of Topliss-reactive ketones (excluding diaryl/α,β-unsaturated/α-hetero) is 1. The van der Waals surface area contributed by atoms with Gasteiger partial charge in [-0.15, -0.1) is 0 Å². The fourth-order valence-corrected chi connectivity index (χ4v) is 6.41. The number of aromatic nitrogens is 2. The molecule has 0 saturated heterocycles. The van der Waals surface area contributed by atoms with Gasteiger partial charge in [0.05, 0.1) is 38.5 Å². The normalized spacial score (nSPS) is 16.1. The molecule has 2 unspecified atom stereocenters. The third kappa shape index (κ3) is 8.80. The van der Waals surface area contributed by atoms with Crippen molar-refractivity contribution in [2.45, 2.75) is 70.3 Å². The van der Waals surface area contributed by atoms with Crippen LogP contribution in [0.15, 0.2) is 48.5 Å². The largest absolute Gasteiger partial charge is 0.507 e. The third-order valence-electron chi connectivity index (χ3n) is 9.00. The van der Waals surface area contributed by atoms with Crippen LogP contribution in [0.1, 0.15) is 90.7 Å². The van der Waals surface area contributed by atoms with E-state index in [9.17, 15) is 24.6 Å². The number of hydrogen-bond donors (Lipinski definition) is 4. The number of benzene rings is 3. The van der Waals surface area contributed by atoms with Crippen molar-refractivity contribution >= 4 is 34.8 Å². The maximum atomic E-state index is 13.7. The van der Waals surface area contributed by atoms with Gasteiger partial charge in [-0.2, -0.15) is 0 Å². The quantitative estimate of drug-likeness (QED) is 0.137. The van der Waals surface area contributed by atoms with Crippen molar-refractivity contribution in [2.24, 2.45) is 0 Å². The molecule has 0 fully saturated rings. The number of ether oxygens (including phenoxy) is 4. The van der Waals surface area contributed by atoms with Crippen LogP contribution in [-0.2, 0) is 20.7 Å². The summed E-state index contributed by atoms with van der Waals surface area (Å²) in [6.07, 6.45) is 6.17. The number of para-hydroxylation sites is 2. The van der Waals surface area contributed by atoms with Gasteiger partial charge in [-0.05, 0) is 74.1 Å². The predicted molar refractivity (Wildman–Crippen MR) is 192 cm³/mol. The lowest BCUT2D eigenvalue weighted by Gasteiger charge is -2.24. The Kier molecular flexibility index (Phi) is 12.2. The number of aromatic hydroxyl groups is 2. The summed E-state index contributed by atoms with van der Waals surface area (Å²) in [5.41, 5.74) is 2.24. The van der Waals surface area contributed by atoms with Gasteiger partial charge in [0.25, 0.3) is 0 Å². The second-order valence-electron chi connectivity index (χ2n) is 12.6. The number of ketones is 1. The monoisotopic (exact) mass is 699 g/mol. The number of allylic oxidation sites excluding steroid dienone is 1. The Hall–Kier alpha value is -5.52. The molecular formula is C39H45N3O9. The van der Waals surface area contributed by atoms with E-state index in [2.05, 4.69) is 15.3 Å². The fourth-order valence-electron chi connectivity index (χ4n) is 6.41. The first-order valence-corrected chi connectivity index (χ1v) is 17.1. The van der Waals surface area contributed by atoms with Crippen LogP contribution in [0.3, 0.4) is 0 Å². The first-order chi connectivity index (χ1) is 24.6. The van der Waals surface area contributed by atoms with E-state index >= 15 is 0 Å². The molecule has 12 nitrogen and oxygen atoms in total. The Bertz CT molecular complexity index is 1860. The van der Waals surface area contributed by atoms with Gasteiger partial charge in [0.15, 0.2) is 11.5 Å². The molecular weight excluding hydrogens is 654 g/mol. The number of fused-ring (bicyclic) bond motifs is 2. The molecule has 270 valence electrons. The smallest absolute Gasteiger partial charge is 0.342 e. The van der Waals surface area contributed by atoms with E-state index in [1.165, 1.54) is 27.4 Å². The Balaban J connectivity index is 1.54. The Morgan fingerprint density at radius 1 is 1.04 bits per heavy atom. The van der Waals surface area contributed by atoms with Gasteiger partial charge in [-0.3, -0.25) is 9.59 Å². The molecule has 51 heavy (non-hydrogen) atoms. The Morgan fingerprint density at radius 2 is 1.76 bits per heavy atom. The van der Waals surface area contributed by atoms with E-state index in [4.69, 9.17) is 18.9 Å². The number of cyclic esters (lactones) is 1. The summed E-state index contributed by atoms with van der Waals surface area (Å²) in [5, 5.41) is 26.4. The van der Waals surface area contributed by atoms with Crippen molar-refractivity contribution in [2.75, 3.05) is 27.9 Å². The van der Waals surface area contributed by atoms with Gasteiger partial charge in [0, 0.05) is 43.7 Å². The van der Waals surface area contributed by atoms with Gasteiger partial charge in [-0.25, -0.2) is 9.78 Å². The second kappa shape index (κ2) is 16.9. The average Bonchev–Trinajstić information content (AvgIpc) is 3.52. The zero-order chi connectivity index (χ0) is 36.5. The summed E-state index contributed by atoms with van der Waals surface area (Å²) < 4.78 is 22.4. The Labute approximate surface area is 296 Å². The molecule has 0 bridgehead atoms. The van der Waals surface area contributed by atoms with Gasteiger partial charge in [0.1, 0.15) is 28.7 Å². The minimum Gasteiger partial charge on any atom is -0.507 e. The minimum absolute atomic E-state index is 0.0415. The van der Waals surface area contributed by atoms with Crippen LogP contribution in [0.2, 0.25) is 0 Å². The van der Waals surface area contributed by atoms with Crippen molar-refractivity contribution in [1.29, 1.82) is 0 Å². The predicted octanol–water partition coefficient (Wildman–Crippen LogP) is 6.36. The summed E-state index contributed by atoms with van der Waals surface area (Å²) in [6, 6.07) is 12.3. The van der Waals surface area contributed by atoms with E-state index in [-0.39, 0.29) is 47.1 Å². The van der Waals surface area contributed by atoms with E-state index in [1.54, 1.807) is 31.2 Å². The van der Waals surface area contributed by atoms with Gasteiger partial charge < -0.3 is 39.5 Å². The number of nitrogens with one attached hydrogen (secondary N) is 2. The zero-order valence-corrected chi connectivity index (χ0v) is 29.4. The SMILES string of the molecule is COc1cc(C(CC(=O)NCCc2nc3ccccc3[nH]2)c2c(O)cc3c(c2O)C(=O)OC(C)CCCC(=O)CCCC=C3)cc(OC)c1OC. The molecule has 12 heteroatoms. The molecule has 4 N–H and O–H groups in total. The van der Waals surface area contributed by atoms with Crippen LogP contribution in [0.4, 0.5) is 0 Å².